The first-order valence-corrected chi connectivity index (χ1v) is 6.74. The van der Waals surface area contributed by atoms with E-state index in [0.29, 0.717) is 12.6 Å². The summed E-state index contributed by atoms with van der Waals surface area (Å²) in [7, 11) is 0. The molecule has 0 aromatic heterocycles. The fraction of sp³-hybridized carbons (Fsp3) is 0.923. The zero-order valence-electron chi connectivity index (χ0n) is 11.2. The smallest absolute Gasteiger partial charge is 0.242 e. The van der Waals surface area contributed by atoms with E-state index in [-0.39, 0.29) is 12.0 Å². The Morgan fingerprint density at radius 3 is 2.94 bits per heavy atom. The number of ether oxygens (including phenoxy) is 1. The Morgan fingerprint density at radius 1 is 1.47 bits per heavy atom. The summed E-state index contributed by atoms with van der Waals surface area (Å²) in [4.78, 5) is 14.6. The normalized spacial score (nSPS) is 29.2. The molecular formula is C13H24N2O2. The van der Waals surface area contributed by atoms with E-state index in [2.05, 4.69) is 5.32 Å². The zero-order valence-corrected chi connectivity index (χ0v) is 11.2. The van der Waals surface area contributed by atoms with Crippen molar-refractivity contribution in [3.05, 3.63) is 0 Å². The number of hydrogen-bond donors (Lipinski definition) is 1. The van der Waals surface area contributed by atoms with Crippen LogP contribution < -0.4 is 5.32 Å². The lowest BCUT2D eigenvalue weighted by molar-refractivity contribution is -0.149. The van der Waals surface area contributed by atoms with Gasteiger partial charge in [-0.3, -0.25) is 4.79 Å². The molecule has 17 heavy (non-hydrogen) atoms. The minimum atomic E-state index is -0.459. The summed E-state index contributed by atoms with van der Waals surface area (Å²) in [5.41, 5.74) is -0.459. The minimum absolute atomic E-state index is 0.222. The molecule has 2 atom stereocenters. The Labute approximate surface area is 104 Å². The quantitative estimate of drug-likeness (QED) is 0.804. The van der Waals surface area contributed by atoms with Gasteiger partial charge in [0.25, 0.3) is 0 Å². The van der Waals surface area contributed by atoms with Crippen LogP contribution in [0.1, 0.15) is 40.0 Å². The number of fused-ring (bicyclic) bond motifs is 1. The van der Waals surface area contributed by atoms with Crippen molar-refractivity contribution < 1.29 is 9.53 Å². The Balaban J connectivity index is 2.07. The molecule has 0 aromatic rings. The molecule has 2 fully saturated rings. The highest BCUT2D eigenvalue weighted by Crippen LogP contribution is 2.30. The fourth-order valence-corrected chi connectivity index (χ4v) is 3.05. The molecule has 2 rings (SSSR count). The van der Waals surface area contributed by atoms with Crippen LogP contribution in [-0.4, -0.2) is 48.2 Å². The molecule has 1 aliphatic carbocycles. The summed E-state index contributed by atoms with van der Waals surface area (Å²) in [5.74, 6) is 0.222. The van der Waals surface area contributed by atoms with Crippen molar-refractivity contribution in [2.24, 2.45) is 0 Å². The summed E-state index contributed by atoms with van der Waals surface area (Å²) in [6, 6.07) is 0.314. The van der Waals surface area contributed by atoms with Crippen molar-refractivity contribution in [3.63, 3.8) is 0 Å². The third-order valence-corrected chi connectivity index (χ3v) is 3.90. The second-order valence-electron chi connectivity index (χ2n) is 5.56. The Kier molecular flexibility index (Phi) is 3.73. The first-order chi connectivity index (χ1) is 8.06. The molecular weight excluding hydrogens is 216 g/mol. The number of nitrogens with zero attached hydrogens (tertiary/aromatic N) is 1. The fourth-order valence-electron chi connectivity index (χ4n) is 3.05. The molecule has 1 N–H and O–H groups in total. The molecule has 98 valence electrons. The van der Waals surface area contributed by atoms with Crippen LogP contribution in [0.5, 0.6) is 0 Å². The molecule has 0 radical (unpaired) electrons. The molecule has 1 heterocycles. The van der Waals surface area contributed by atoms with Crippen molar-refractivity contribution in [1.29, 1.82) is 0 Å². The van der Waals surface area contributed by atoms with E-state index in [1.807, 2.05) is 25.7 Å². The van der Waals surface area contributed by atoms with Gasteiger partial charge in [-0.1, -0.05) is 6.92 Å². The largest absolute Gasteiger partial charge is 0.374 e. The van der Waals surface area contributed by atoms with Gasteiger partial charge in [0, 0.05) is 6.54 Å². The number of rotatable bonds is 3. The second kappa shape index (κ2) is 4.94. The highest BCUT2D eigenvalue weighted by Gasteiger charge is 2.42. The standard InChI is InChI=1S/C13H24N2O2/c1-4-14-13(2,3)12(16)15-8-9-17-11-7-5-6-10(11)15/h10-11,14H,4-9H2,1-3H3. The molecule has 4 heteroatoms. The lowest BCUT2D eigenvalue weighted by atomic mass is 10.0. The van der Waals surface area contributed by atoms with Crippen LogP contribution in [0.25, 0.3) is 0 Å². The summed E-state index contributed by atoms with van der Waals surface area (Å²) in [6.07, 6.45) is 3.67. The molecule has 1 amide bonds. The molecule has 1 aliphatic heterocycles. The summed E-state index contributed by atoms with van der Waals surface area (Å²) < 4.78 is 5.74. The van der Waals surface area contributed by atoms with E-state index >= 15 is 0 Å². The number of nitrogens with one attached hydrogen (secondary N) is 1. The van der Waals surface area contributed by atoms with Crippen molar-refractivity contribution in [2.45, 2.75) is 57.7 Å². The number of hydrogen-bond acceptors (Lipinski definition) is 3. The summed E-state index contributed by atoms with van der Waals surface area (Å²) in [6.45, 7) is 8.23. The van der Waals surface area contributed by atoms with Gasteiger partial charge in [0.15, 0.2) is 0 Å². The Hall–Kier alpha value is -0.610. The number of carbonyl (C=O) groups is 1. The predicted molar refractivity (Wildman–Crippen MR) is 66.8 cm³/mol. The van der Waals surface area contributed by atoms with Gasteiger partial charge in [0.05, 0.1) is 24.3 Å². The number of carbonyl (C=O) groups excluding carboxylic acids is 1. The average Bonchev–Trinajstić information content (AvgIpc) is 2.75. The highest BCUT2D eigenvalue weighted by atomic mass is 16.5. The zero-order chi connectivity index (χ0) is 12.5. The van der Waals surface area contributed by atoms with Crippen molar-refractivity contribution in [3.8, 4) is 0 Å². The van der Waals surface area contributed by atoms with Crippen molar-refractivity contribution in [2.75, 3.05) is 19.7 Å². The van der Waals surface area contributed by atoms with Gasteiger partial charge < -0.3 is 15.0 Å². The monoisotopic (exact) mass is 240 g/mol. The van der Waals surface area contributed by atoms with Gasteiger partial charge in [-0.25, -0.2) is 0 Å². The summed E-state index contributed by atoms with van der Waals surface area (Å²) in [5, 5.41) is 3.27. The number of morpholine rings is 1. The molecule has 2 unspecified atom stereocenters. The van der Waals surface area contributed by atoms with Crippen LogP contribution in [0, 0.1) is 0 Å². The molecule has 0 bridgehead atoms. The van der Waals surface area contributed by atoms with Crippen LogP contribution in [0.4, 0.5) is 0 Å². The maximum absolute atomic E-state index is 12.6. The first-order valence-electron chi connectivity index (χ1n) is 6.74. The van der Waals surface area contributed by atoms with Crippen molar-refractivity contribution in [1.82, 2.24) is 10.2 Å². The van der Waals surface area contributed by atoms with E-state index in [9.17, 15) is 4.79 Å². The maximum Gasteiger partial charge on any atom is 0.242 e. The molecule has 1 saturated carbocycles. The molecule has 0 spiro atoms. The van der Waals surface area contributed by atoms with Gasteiger partial charge in [-0.05, 0) is 39.7 Å². The molecule has 2 aliphatic rings. The highest BCUT2D eigenvalue weighted by molar-refractivity contribution is 5.86. The number of amides is 1. The lowest BCUT2D eigenvalue weighted by Crippen LogP contribution is -2.60. The van der Waals surface area contributed by atoms with Crippen LogP contribution in [-0.2, 0) is 9.53 Å². The van der Waals surface area contributed by atoms with Gasteiger partial charge >= 0.3 is 0 Å². The topological polar surface area (TPSA) is 41.6 Å². The van der Waals surface area contributed by atoms with E-state index in [1.54, 1.807) is 0 Å². The van der Waals surface area contributed by atoms with Crippen LogP contribution >= 0.6 is 0 Å². The Morgan fingerprint density at radius 2 is 2.24 bits per heavy atom. The predicted octanol–water partition coefficient (Wildman–Crippen LogP) is 1.15. The third kappa shape index (κ3) is 2.47. The number of likely N-dealkylation sites (N-methyl/N-ethyl adjacent to an activating group) is 1. The van der Waals surface area contributed by atoms with E-state index in [4.69, 9.17) is 4.74 Å². The molecule has 1 saturated heterocycles. The second-order valence-corrected chi connectivity index (χ2v) is 5.56. The van der Waals surface area contributed by atoms with Gasteiger partial charge in [-0.15, -0.1) is 0 Å². The van der Waals surface area contributed by atoms with E-state index < -0.39 is 5.54 Å². The van der Waals surface area contributed by atoms with Crippen molar-refractivity contribution >= 4 is 5.91 Å². The lowest BCUT2D eigenvalue weighted by Gasteiger charge is -2.41. The average molecular weight is 240 g/mol. The van der Waals surface area contributed by atoms with Crippen LogP contribution in [0.2, 0.25) is 0 Å². The van der Waals surface area contributed by atoms with Gasteiger partial charge in [-0.2, -0.15) is 0 Å². The third-order valence-electron chi connectivity index (χ3n) is 3.90. The van der Waals surface area contributed by atoms with Crippen LogP contribution in [0.15, 0.2) is 0 Å². The van der Waals surface area contributed by atoms with Crippen LogP contribution in [0.3, 0.4) is 0 Å². The SMILES string of the molecule is CCNC(C)(C)C(=O)N1CCOC2CCCC21. The first kappa shape index (κ1) is 12.8. The van der Waals surface area contributed by atoms with E-state index in [0.717, 1.165) is 25.9 Å². The molecule has 0 aromatic carbocycles. The Bertz CT molecular complexity index is 291. The van der Waals surface area contributed by atoms with Gasteiger partial charge in [0.2, 0.25) is 5.91 Å². The maximum atomic E-state index is 12.6. The minimum Gasteiger partial charge on any atom is -0.374 e. The summed E-state index contributed by atoms with van der Waals surface area (Å²) >= 11 is 0. The van der Waals surface area contributed by atoms with Gasteiger partial charge in [0.1, 0.15) is 0 Å². The molecule has 4 nitrogen and oxygen atoms in total. The van der Waals surface area contributed by atoms with E-state index in [1.165, 1.54) is 6.42 Å².